The standard InChI is InChI=1S/C19H17ClO4S/c1-14-6-10-16(11-7-14)18-4-3-5-19(25(18)24-20(21,22)23)17-12-8-15(2)9-13-17/h3-13H,1-2H3. The van der Waals surface area contributed by atoms with Crippen LogP contribution < -0.4 is 14.0 Å². The van der Waals surface area contributed by atoms with Gasteiger partial charge in [-0.25, -0.2) is 0 Å². The van der Waals surface area contributed by atoms with Gasteiger partial charge in [-0.05, 0) is 37.1 Å². The van der Waals surface area contributed by atoms with Gasteiger partial charge in [0.05, 0.1) is 20.0 Å². The number of benzene rings is 2. The molecule has 0 N–H and O–H groups in total. The Kier molecular flexibility index (Phi) is 5.24. The molecule has 2 aromatic rings. The topological polar surface area (TPSA) is 78.4 Å². The van der Waals surface area contributed by atoms with Gasteiger partial charge in [0, 0.05) is 0 Å². The fourth-order valence-electron chi connectivity index (χ4n) is 2.45. The van der Waals surface area contributed by atoms with Gasteiger partial charge < -0.3 is 0 Å². The minimum absolute atomic E-state index is 0.657. The van der Waals surface area contributed by atoms with Crippen molar-refractivity contribution in [3.63, 3.8) is 0 Å². The first-order valence-electron chi connectivity index (χ1n) is 7.58. The molecular formula is C19H17ClO4S. The Bertz CT molecular complexity index is 860. The first-order chi connectivity index (χ1) is 11.8. The molecule has 0 aliphatic carbocycles. The maximum Gasteiger partial charge on any atom is 0.148 e. The van der Waals surface area contributed by atoms with Crippen LogP contribution in [0.3, 0.4) is 0 Å². The van der Waals surface area contributed by atoms with Crippen LogP contribution in [0.5, 0.6) is 0 Å². The Morgan fingerprint density at radius 2 is 1.32 bits per heavy atom. The summed E-state index contributed by atoms with van der Waals surface area (Å²) in [6.07, 6.45) is 5.41. The van der Waals surface area contributed by atoms with E-state index in [9.17, 15) is 14.0 Å². The van der Waals surface area contributed by atoms with Crippen molar-refractivity contribution in [2.75, 3.05) is 0 Å². The lowest BCUT2D eigenvalue weighted by Gasteiger charge is -2.19. The zero-order valence-electron chi connectivity index (χ0n) is 13.8. The van der Waals surface area contributed by atoms with Crippen LogP contribution >= 0.6 is 10.8 Å². The smallest absolute Gasteiger partial charge is 0.148 e. The van der Waals surface area contributed by atoms with Gasteiger partial charge in [-0.2, -0.15) is 14.0 Å². The van der Waals surface area contributed by atoms with Gasteiger partial charge in [-0.1, -0.05) is 65.7 Å². The van der Waals surface area contributed by atoms with Crippen LogP contribution in [0, 0.1) is 24.1 Å². The quantitative estimate of drug-likeness (QED) is 0.758. The number of hydrogen-bond acceptors (Lipinski definition) is 4. The molecule has 0 saturated heterocycles. The van der Waals surface area contributed by atoms with Crippen LogP contribution in [0.1, 0.15) is 22.3 Å². The van der Waals surface area contributed by atoms with Crippen LogP contribution in [-0.4, -0.2) is 4.86 Å². The second kappa shape index (κ2) is 7.25. The van der Waals surface area contributed by atoms with Gasteiger partial charge in [0.2, 0.25) is 0 Å². The van der Waals surface area contributed by atoms with Gasteiger partial charge in [-0.15, -0.1) is 0 Å². The molecule has 4 nitrogen and oxygen atoms in total. The Morgan fingerprint density at radius 1 is 0.800 bits per heavy atom. The highest BCUT2D eigenvalue weighted by atomic mass is 35.7. The molecule has 2 aromatic carbocycles. The third-order valence-electron chi connectivity index (χ3n) is 3.71. The second-order valence-corrected chi connectivity index (χ2v) is 8.37. The lowest BCUT2D eigenvalue weighted by Crippen LogP contribution is -2.60. The number of aryl methyl sites for hydroxylation is 2. The molecule has 1 unspecified atom stereocenters. The van der Waals surface area contributed by atoms with Crippen molar-refractivity contribution < 1.29 is 28.0 Å². The molecule has 6 heteroatoms. The molecular weight excluding hydrogens is 360 g/mol. The van der Waals surface area contributed by atoms with Crippen molar-refractivity contribution in [2.24, 2.45) is 0 Å². The summed E-state index contributed by atoms with van der Waals surface area (Å²) in [5.41, 5.74) is 3.83. The first-order valence-corrected chi connectivity index (χ1v) is 9.96. The van der Waals surface area contributed by atoms with E-state index in [1.165, 1.54) is 0 Å². The summed E-state index contributed by atoms with van der Waals surface area (Å²) >= 11 is 0. The summed E-state index contributed by atoms with van der Waals surface area (Å²) < 4.78 is 38.8. The van der Waals surface area contributed by atoms with E-state index < -0.39 is 21.0 Å². The Morgan fingerprint density at radius 3 is 1.84 bits per heavy atom. The molecule has 0 amide bonds. The molecule has 1 aliphatic heterocycles. The van der Waals surface area contributed by atoms with Crippen molar-refractivity contribution in [3.8, 4) is 0 Å². The number of halogens is 1. The van der Waals surface area contributed by atoms with Gasteiger partial charge in [0.15, 0.2) is 0 Å². The molecule has 0 aromatic heterocycles. The highest BCUT2D eigenvalue weighted by Gasteiger charge is 2.30. The van der Waals surface area contributed by atoms with Crippen LogP contribution in [0.15, 0.2) is 66.8 Å². The SMILES string of the molecule is Cc1ccc(C2=CC=CC(c3ccc(C)cc3)=S2O[Cl+3]([O-])([O-])[O-])cc1. The Hall–Kier alpha value is -1.73. The van der Waals surface area contributed by atoms with Gasteiger partial charge in [0.25, 0.3) is 0 Å². The van der Waals surface area contributed by atoms with E-state index in [0.717, 1.165) is 22.3 Å². The molecule has 0 bridgehead atoms. The molecule has 0 radical (unpaired) electrons. The van der Waals surface area contributed by atoms with Gasteiger partial charge in [0.1, 0.15) is 14.5 Å². The lowest BCUT2D eigenvalue weighted by atomic mass is 10.1. The number of rotatable bonds is 4. The normalized spacial score (nSPS) is 17.6. The highest BCUT2D eigenvalue weighted by Crippen LogP contribution is 2.42. The maximum absolute atomic E-state index is 11.3. The Labute approximate surface area is 151 Å². The van der Waals surface area contributed by atoms with Crippen LogP contribution in [0.2, 0.25) is 0 Å². The van der Waals surface area contributed by atoms with Gasteiger partial charge in [-0.3, -0.25) is 0 Å². The second-order valence-electron chi connectivity index (χ2n) is 5.70. The Balaban J connectivity index is 2.14. The van der Waals surface area contributed by atoms with E-state index in [1.807, 2.05) is 68.5 Å². The van der Waals surface area contributed by atoms with Crippen molar-refractivity contribution in [3.05, 3.63) is 89.0 Å². The van der Waals surface area contributed by atoms with Crippen LogP contribution in [-0.2, 0) is 3.74 Å². The molecule has 0 spiro atoms. The van der Waals surface area contributed by atoms with Crippen molar-refractivity contribution in [1.29, 1.82) is 0 Å². The van der Waals surface area contributed by atoms with E-state index in [0.29, 0.717) is 9.77 Å². The molecule has 1 atom stereocenters. The van der Waals surface area contributed by atoms with E-state index >= 15 is 0 Å². The maximum atomic E-state index is 11.3. The predicted octanol–water partition coefficient (Wildman–Crippen LogP) is 1.53. The average molecular weight is 377 g/mol. The summed E-state index contributed by atoms with van der Waals surface area (Å²) in [7, 11) is -5.88. The first kappa shape index (κ1) is 18.1. The summed E-state index contributed by atoms with van der Waals surface area (Å²) in [6.45, 7) is 3.94. The average Bonchev–Trinajstić information content (AvgIpc) is 2.55. The molecule has 1 heterocycles. The molecule has 0 fully saturated rings. The third-order valence-corrected chi connectivity index (χ3v) is 6.37. The van der Waals surface area contributed by atoms with Gasteiger partial charge >= 0.3 is 0 Å². The van der Waals surface area contributed by atoms with E-state index in [-0.39, 0.29) is 0 Å². The molecule has 130 valence electrons. The summed E-state index contributed by atoms with van der Waals surface area (Å²) in [5, 5.41) is 0. The molecule has 1 aliphatic rings. The summed E-state index contributed by atoms with van der Waals surface area (Å²) in [6, 6.07) is 15.3. The van der Waals surface area contributed by atoms with E-state index in [2.05, 4.69) is 0 Å². The number of hydrogen-bond donors (Lipinski definition) is 0. The van der Waals surface area contributed by atoms with Crippen LogP contribution in [0.25, 0.3) is 4.91 Å². The molecule has 3 rings (SSSR count). The fraction of sp³-hybridized carbons (Fsp3) is 0.105. The number of allylic oxidation sites excluding steroid dienone is 3. The minimum Gasteiger partial charge on any atom is -0.182 e. The minimum atomic E-state index is -4.56. The van der Waals surface area contributed by atoms with Crippen molar-refractivity contribution in [2.45, 2.75) is 13.8 Å². The zero-order valence-corrected chi connectivity index (χ0v) is 15.3. The highest BCUT2D eigenvalue weighted by molar-refractivity contribution is 8.20. The third kappa shape index (κ3) is 4.46. The van der Waals surface area contributed by atoms with Crippen LogP contribution in [0.4, 0.5) is 0 Å². The molecule has 0 saturated carbocycles. The zero-order chi connectivity index (χ0) is 18.0. The fourth-order valence-corrected chi connectivity index (χ4v) is 4.95. The van der Waals surface area contributed by atoms with E-state index in [1.54, 1.807) is 12.2 Å². The summed E-state index contributed by atoms with van der Waals surface area (Å²) in [5.74, 6) is 0. The predicted molar refractivity (Wildman–Crippen MR) is 92.3 cm³/mol. The van der Waals surface area contributed by atoms with E-state index in [4.69, 9.17) is 3.74 Å². The lowest BCUT2D eigenvalue weighted by molar-refractivity contribution is -1.91. The van der Waals surface area contributed by atoms with Crippen molar-refractivity contribution >= 4 is 20.5 Å². The monoisotopic (exact) mass is 376 g/mol. The largest absolute Gasteiger partial charge is 0.182 e. The molecule has 25 heavy (non-hydrogen) atoms. The van der Waals surface area contributed by atoms with Crippen molar-refractivity contribution in [1.82, 2.24) is 0 Å². The summed E-state index contributed by atoms with van der Waals surface area (Å²) in [4.78, 5) is 1.31.